The Hall–Kier alpha value is -2.23. The van der Waals surface area contributed by atoms with Crippen LogP contribution in [0.3, 0.4) is 0 Å². The number of anilines is 1. The Balaban J connectivity index is 1.94. The number of nitrogens with one attached hydrogen (secondary N) is 2. The molecule has 0 radical (unpaired) electrons. The summed E-state index contributed by atoms with van der Waals surface area (Å²) in [5.41, 5.74) is 0.687. The second kappa shape index (κ2) is 7.56. The highest BCUT2D eigenvalue weighted by atomic mass is 79.9. The predicted octanol–water partition coefficient (Wildman–Crippen LogP) is 1.47. The number of nitrogens with two attached hydrogens (primary N) is 1. The molecule has 0 atom stereocenters. The van der Waals surface area contributed by atoms with E-state index in [2.05, 4.69) is 26.6 Å². The molecule has 0 aliphatic rings. The molecule has 0 unspecified atom stereocenters. The van der Waals surface area contributed by atoms with Crippen molar-refractivity contribution in [3.8, 4) is 0 Å². The van der Waals surface area contributed by atoms with E-state index in [1.54, 1.807) is 24.3 Å². The fourth-order valence-electron chi connectivity index (χ4n) is 1.82. The van der Waals surface area contributed by atoms with E-state index >= 15 is 0 Å². The van der Waals surface area contributed by atoms with Crippen molar-refractivity contribution in [2.24, 2.45) is 5.14 Å². The summed E-state index contributed by atoms with van der Waals surface area (Å²) in [6, 6.07) is 12.2. The normalized spacial score (nSPS) is 10.9. The van der Waals surface area contributed by atoms with Gasteiger partial charge >= 0.3 is 0 Å². The summed E-state index contributed by atoms with van der Waals surface area (Å²) in [6.45, 7) is -0.255. The van der Waals surface area contributed by atoms with Crippen LogP contribution in [0.1, 0.15) is 10.4 Å². The summed E-state index contributed by atoms with van der Waals surface area (Å²) >= 11 is 3.27. The van der Waals surface area contributed by atoms with Crippen LogP contribution in [0.2, 0.25) is 0 Å². The van der Waals surface area contributed by atoms with Crippen LogP contribution in [0.4, 0.5) is 5.69 Å². The van der Waals surface area contributed by atoms with Crippen molar-refractivity contribution in [3.05, 3.63) is 58.6 Å². The van der Waals surface area contributed by atoms with E-state index < -0.39 is 21.8 Å². The molecule has 2 amide bonds. The largest absolute Gasteiger partial charge is 0.343 e. The molecule has 0 saturated heterocycles. The van der Waals surface area contributed by atoms with E-state index in [-0.39, 0.29) is 17.1 Å². The van der Waals surface area contributed by atoms with E-state index in [9.17, 15) is 18.0 Å². The maximum Gasteiger partial charge on any atom is 0.251 e. The second-order valence-corrected chi connectivity index (χ2v) is 7.29. The van der Waals surface area contributed by atoms with Crippen LogP contribution in [0.5, 0.6) is 0 Å². The van der Waals surface area contributed by atoms with E-state index in [1.165, 1.54) is 24.3 Å². The number of hydrogen-bond donors (Lipinski definition) is 3. The molecule has 0 saturated carbocycles. The van der Waals surface area contributed by atoms with Gasteiger partial charge in [-0.05, 0) is 42.5 Å². The van der Waals surface area contributed by atoms with Crippen LogP contribution >= 0.6 is 15.9 Å². The SMILES string of the molecule is NS(=O)(=O)c1cccc(NC(=O)CNC(=O)c2ccc(Br)cc2)c1. The summed E-state index contributed by atoms with van der Waals surface area (Å²) in [5, 5.41) is 9.99. The zero-order valence-corrected chi connectivity index (χ0v) is 14.7. The highest BCUT2D eigenvalue weighted by Gasteiger charge is 2.11. The molecule has 7 nitrogen and oxygen atoms in total. The van der Waals surface area contributed by atoms with Crippen LogP contribution in [0.15, 0.2) is 57.9 Å². The van der Waals surface area contributed by atoms with Gasteiger partial charge in [0.25, 0.3) is 5.91 Å². The average Bonchev–Trinajstić information content (AvgIpc) is 2.53. The van der Waals surface area contributed by atoms with E-state index in [0.717, 1.165) is 4.47 Å². The monoisotopic (exact) mass is 411 g/mol. The number of carbonyl (C=O) groups excluding carboxylic acids is 2. The first-order valence-corrected chi connectivity index (χ1v) is 9.06. The second-order valence-electron chi connectivity index (χ2n) is 4.81. The summed E-state index contributed by atoms with van der Waals surface area (Å²) in [5.74, 6) is -0.886. The van der Waals surface area contributed by atoms with Gasteiger partial charge in [-0.25, -0.2) is 13.6 Å². The number of sulfonamides is 1. The fraction of sp³-hybridized carbons (Fsp3) is 0.0667. The lowest BCUT2D eigenvalue weighted by molar-refractivity contribution is -0.115. The molecule has 2 aromatic rings. The Labute approximate surface area is 147 Å². The molecule has 0 spiro atoms. The van der Waals surface area contributed by atoms with Crippen molar-refractivity contribution >= 4 is 43.5 Å². The molecule has 9 heteroatoms. The van der Waals surface area contributed by atoms with E-state index in [1.807, 2.05) is 0 Å². The quantitative estimate of drug-likeness (QED) is 0.689. The summed E-state index contributed by atoms with van der Waals surface area (Å²) < 4.78 is 23.4. The Morgan fingerprint density at radius 3 is 2.38 bits per heavy atom. The van der Waals surface area contributed by atoms with Crippen LogP contribution < -0.4 is 15.8 Å². The van der Waals surface area contributed by atoms with Crippen LogP contribution in [0.25, 0.3) is 0 Å². The predicted molar refractivity (Wildman–Crippen MR) is 92.9 cm³/mol. The van der Waals surface area contributed by atoms with Gasteiger partial charge in [-0.2, -0.15) is 0 Å². The first-order chi connectivity index (χ1) is 11.3. The molecular weight excluding hydrogens is 398 g/mol. The zero-order valence-electron chi connectivity index (χ0n) is 12.3. The van der Waals surface area contributed by atoms with Crippen LogP contribution in [-0.2, 0) is 14.8 Å². The number of primary sulfonamides is 1. The van der Waals surface area contributed by atoms with Crippen LogP contribution in [0, 0.1) is 0 Å². The van der Waals surface area contributed by atoms with Crippen molar-refractivity contribution in [2.75, 3.05) is 11.9 Å². The van der Waals surface area contributed by atoms with Gasteiger partial charge in [0.1, 0.15) is 0 Å². The maximum atomic E-state index is 11.9. The minimum absolute atomic E-state index is 0.112. The van der Waals surface area contributed by atoms with Gasteiger partial charge in [0.2, 0.25) is 15.9 Å². The minimum Gasteiger partial charge on any atom is -0.343 e. The third kappa shape index (κ3) is 5.15. The fourth-order valence-corrected chi connectivity index (χ4v) is 2.64. The van der Waals surface area contributed by atoms with Gasteiger partial charge in [-0.15, -0.1) is 0 Å². The smallest absolute Gasteiger partial charge is 0.251 e. The molecule has 4 N–H and O–H groups in total. The van der Waals surface area contributed by atoms with Crippen molar-refractivity contribution in [2.45, 2.75) is 4.90 Å². The Morgan fingerprint density at radius 1 is 1.08 bits per heavy atom. The van der Waals surface area contributed by atoms with Gasteiger partial charge in [0.05, 0.1) is 11.4 Å². The molecule has 2 aromatic carbocycles. The number of hydrogen-bond acceptors (Lipinski definition) is 4. The Morgan fingerprint density at radius 2 is 1.75 bits per heavy atom. The van der Waals surface area contributed by atoms with Crippen molar-refractivity contribution in [1.29, 1.82) is 0 Å². The third-order valence-corrected chi connectivity index (χ3v) is 4.40. The summed E-state index contributed by atoms with van der Waals surface area (Å²) in [6.07, 6.45) is 0. The lowest BCUT2D eigenvalue weighted by atomic mass is 10.2. The molecule has 0 bridgehead atoms. The molecule has 0 heterocycles. The van der Waals surface area contributed by atoms with Crippen LogP contribution in [-0.4, -0.2) is 26.8 Å². The van der Waals surface area contributed by atoms with Gasteiger partial charge in [-0.1, -0.05) is 22.0 Å². The third-order valence-electron chi connectivity index (χ3n) is 2.96. The lowest BCUT2D eigenvalue weighted by Crippen LogP contribution is -2.32. The van der Waals surface area contributed by atoms with E-state index in [4.69, 9.17) is 5.14 Å². The standard InChI is InChI=1S/C15H14BrN3O4S/c16-11-6-4-10(5-7-11)15(21)18-9-14(20)19-12-2-1-3-13(8-12)24(17,22)23/h1-8H,9H2,(H,18,21)(H,19,20)(H2,17,22,23). The molecule has 0 aliphatic heterocycles. The molecule has 24 heavy (non-hydrogen) atoms. The van der Waals surface area contributed by atoms with E-state index in [0.29, 0.717) is 5.56 Å². The Kier molecular flexibility index (Phi) is 5.71. The number of carbonyl (C=O) groups is 2. The molecule has 0 aliphatic carbocycles. The first kappa shape index (κ1) is 18.1. The summed E-state index contributed by atoms with van der Waals surface area (Å²) in [7, 11) is -3.85. The maximum absolute atomic E-state index is 11.9. The zero-order chi connectivity index (χ0) is 17.7. The summed E-state index contributed by atoms with van der Waals surface area (Å²) in [4.78, 5) is 23.6. The van der Waals surface area contributed by atoms with Gasteiger partial charge < -0.3 is 10.6 Å². The Bertz CT molecular complexity index is 867. The van der Waals surface area contributed by atoms with Crippen molar-refractivity contribution in [3.63, 3.8) is 0 Å². The number of benzene rings is 2. The molecule has 0 aromatic heterocycles. The van der Waals surface area contributed by atoms with Gasteiger partial charge in [-0.3, -0.25) is 9.59 Å². The topological polar surface area (TPSA) is 118 Å². The highest BCUT2D eigenvalue weighted by molar-refractivity contribution is 9.10. The van der Waals surface area contributed by atoms with Gasteiger partial charge in [0, 0.05) is 15.7 Å². The van der Waals surface area contributed by atoms with Gasteiger partial charge in [0.15, 0.2) is 0 Å². The van der Waals surface area contributed by atoms with Crippen molar-refractivity contribution in [1.82, 2.24) is 5.32 Å². The number of rotatable bonds is 5. The molecular formula is C15H14BrN3O4S. The lowest BCUT2D eigenvalue weighted by Gasteiger charge is -2.08. The molecule has 126 valence electrons. The van der Waals surface area contributed by atoms with Crippen molar-refractivity contribution < 1.29 is 18.0 Å². The number of halogens is 1. The first-order valence-electron chi connectivity index (χ1n) is 6.72. The average molecular weight is 412 g/mol. The minimum atomic E-state index is -3.85. The number of amides is 2. The molecule has 0 fully saturated rings. The highest BCUT2D eigenvalue weighted by Crippen LogP contribution is 2.14. The molecule has 2 rings (SSSR count).